The van der Waals surface area contributed by atoms with Crippen molar-refractivity contribution in [1.82, 2.24) is 0 Å². The maximum Gasteiger partial charge on any atom is 0.250 e. The van der Waals surface area contributed by atoms with Crippen LogP contribution >= 0.6 is 11.6 Å². The van der Waals surface area contributed by atoms with E-state index in [1.807, 2.05) is 30.3 Å². The van der Waals surface area contributed by atoms with Crippen LogP contribution in [0.3, 0.4) is 0 Å². The number of methoxy groups -OCH3 is 1. The number of primary amides is 1. The molecule has 0 aliphatic carbocycles. The molecule has 110 valence electrons. The molecular weight excluding hydrogens is 288 g/mol. The Morgan fingerprint density at radius 3 is 2.57 bits per heavy atom. The number of anilines is 1. The van der Waals surface area contributed by atoms with Crippen molar-refractivity contribution < 1.29 is 9.53 Å². The summed E-state index contributed by atoms with van der Waals surface area (Å²) in [7, 11) is 1.65. The van der Waals surface area contributed by atoms with Crippen LogP contribution in [0.1, 0.15) is 22.0 Å². The maximum atomic E-state index is 11.2. The van der Waals surface area contributed by atoms with Crippen molar-refractivity contribution in [2.75, 3.05) is 19.0 Å². The quantitative estimate of drug-likeness (QED) is 0.861. The Labute approximate surface area is 128 Å². The van der Waals surface area contributed by atoms with E-state index >= 15 is 0 Å². The van der Waals surface area contributed by atoms with E-state index in [2.05, 4.69) is 5.32 Å². The van der Waals surface area contributed by atoms with Crippen molar-refractivity contribution in [3.63, 3.8) is 0 Å². The standard InChI is InChI=1S/C16H17ClN2O2/c1-21-10-15(11-5-3-2-4-6-11)19-12-7-8-13(16(18)20)14(17)9-12/h2-9,15,19H,10H2,1H3,(H2,18,20). The zero-order valence-electron chi connectivity index (χ0n) is 11.7. The largest absolute Gasteiger partial charge is 0.382 e. The molecule has 4 nitrogen and oxygen atoms in total. The monoisotopic (exact) mass is 304 g/mol. The molecule has 0 saturated carbocycles. The lowest BCUT2D eigenvalue weighted by atomic mass is 10.1. The molecule has 0 bridgehead atoms. The highest BCUT2D eigenvalue weighted by Gasteiger charge is 2.13. The Morgan fingerprint density at radius 1 is 1.29 bits per heavy atom. The first-order chi connectivity index (χ1) is 10.1. The summed E-state index contributed by atoms with van der Waals surface area (Å²) >= 11 is 6.06. The van der Waals surface area contributed by atoms with Crippen molar-refractivity contribution in [1.29, 1.82) is 0 Å². The number of amides is 1. The molecule has 1 atom stereocenters. The molecular formula is C16H17ClN2O2. The Bertz CT molecular complexity index is 617. The van der Waals surface area contributed by atoms with Gasteiger partial charge in [-0.1, -0.05) is 41.9 Å². The molecule has 21 heavy (non-hydrogen) atoms. The Kier molecular flexibility index (Phi) is 5.20. The number of benzene rings is 2. The summed E-state index contributed by atoms with van der Waals surface area (Å²) in [5.41, 5.74) is 7.46. The number of carbonyl (C=O) groups is 1. The second-order valence-electron chi connectivity index (χ2n) is 4.62. The van der Waals surface area contributed by atoms with Crippen molar-refractivity contribution in [2.45, 2.75) is 6.04 Å². The van der Waals surface area contributed by atoms with Crippen molar-refractivity contribution in [3.05, 3.63) is 64.7 Å². The van der Waals surface area contributed by atoms with Crippen molar-refractivity contribution in [2.24, 2.45) is 5.73 Å². The van der Waals surface area contributed by atoms with Crippen LogP contribution in [0.2, 0.25) is 5.02 Å². The lowest BCUT2D eigenvalue weighted by Gasteiger charge is -2.20. The predicted molar refractivity (Wildman–Crippen MR) is 84.7 cm³/mol. The number of hydrogen-bond acceptors (Lipinski definition) is 3. The summed E-state index contributed by atoms with van der Waals surface area (Å²) in [6.45, 7) is 0.513. The molecule has 0 heterocycles. The molecule has 0 spiro atoms. The highest BCUT2D eigenvalue weighted by molar-refractivity contribution is 6.34. The minimum Gasteiger partial charge on any atom is -0.382 e. The third kappa shape index (κ3) is 3.97. The van der Waals surface area contributed by atoms with E-state index in [1.165, 1.54) is 0 Å². The smallest absolute Gasteiger partial charge is 0.250 e. The minimum absolute atomic E-state index is 0.00769. The van der Waals surface area contributed by atoms with Crippen LogP contribution in [0.4, 0.5) is 5.69 Å². The summed E-state index contributed by atoms with van der Waals surface area (Å²) < 4.78 is 5.25. The predicted octanol–water partition coefficient (Wildman–Crippen LogP) is 3.24. The number of nitrogens with one attached hydrogen (secondary N) is 1. The maximum absolute atomic E-state index is 11.2. The fraction of sp³-hybridized carbons (Fsp3) is 0.188. The van der Waals surface area contributed by atoms with E-state index < -0.39 is 5.91 Å². The average molecular weight is 305 g/mol. The number of ether oxygens (including phenoxy) is 1. The van der Waals surface area contributed by atoms with Gasteiger partial charge in [-0.3, -0.25) is 4.79 Å². The van der Waals surface area contributed by atoms with Gasteiger partial charge in [0.05, 0.1) is 23.2 Å². The molecule has 0 radical (unpaired) electrons. The van der Waals surface area contributed by atoms with Gasteiger partial charge >= 0.3 is 0 Å². The second-order valence-corrected chi connectivity index (χ2v) is 5.03. The number of hydrogen-bond donors (Lipinski definition) is 2. The summed E-state index contributed by atoms with van der Waals surface area (Å²) in [6, 6.07) is 15.0. The zero-order valence-corrected chi connectivity index (χ0v) is 12.4. The zero-order chi connectivity index (χ0) is 15.2. The van der Waals surface area contributed by atoms with Gasteiger partial charge in [0.2, 0.25) is 5.91 Å². The SMILES string of the molecule is COCC(Nc1ccc(C(N)=O)c(Cl)c1)c1ccccc1. The van der Waals surface area contributed by atoms with E-state index in [4.69, 9.17) is 22.1 Å². The van der Waals surface area contributed by atoms with Gasteiger partial charge in [-0.15, -0.1) is 0 Å². The fourth-order valence-corrected chi connectivity index (χ4v) is 2.35. The van der Waals surface area contributed by atoms with E-state index in [1.54, 1.807) is 25.3 Å². The molecule has 0 aliphatic rings. The van der Waals surface area contributed by atoms with E-state index in [-0.39, 0.29) is 6.04 Å². The number of nitrogens with two attached hydrogens (primary N) is 1. The molecule has 2 rings (SSSR count). The van der Waals surface area contributed by atoms with Crippen LogP contribution in [0, 0.1) is 0 Å². The Morgan fingerprint density at radius 2 is 2.00 bits per heavy atom. The summed E-state index contributed by atoms with van der Waals surface area (Å²) in [5.74, 6) is -0.539. The Hall–Kier alpha value is -2.04. The van der Waals surface area contributed by atoms with E-state index in [0.717, 1.165) is 11.3 Å². The van der Waals surface area contributed by atoms with E-state index in [9.17, 15) is 4.79 Å². The molecule has 0 aliphatic heterocycles. The first kappa shape index (κ1) is 15.4. The van der Waals surface area contributed by atoms with Crippen LogP contribution in [0.15, 0.2) is 48.5 Å². The van der Waals surface area contributed by atoms with Crippen LogP contribution in [-0.2, 0) is 4.74 Å². The number of carbonyl (C=O) groups excluding carboxylic acids is 1. The molecule has 2 aromatic carbocycles. The van der Waals surface area contributed by atoms with Gasteiger partial charge < -0.3 is 15.8 Å². The van der Waals surface area contributed by atoms with E-state index in [0.29, 0.717) is 17.2 Å². The van der Waals surface area contributed by atoms with Gasteiger partial charge in [0.15, 0.2) is 0 Å². The van der Waals surface area contributed by atoms with Gasteiger partial charge in [-0.2, -0.15) is 0 Å². The topological polar surface area (TPSA) is 64.3 Å². The third-order valence-corrected chi connectivity index (χ3v) is 3.42. The van der Waals surface area contributed by atoms with Crippen molar-refractivity contribution >= 4 is 23.2 Å². The van der Waals surface area contributed by atoms with Gasteiger partial charge in [0.25, 0.3) is 0 Å². The third-order valence-electron chi connectivity index (χ3n) is 3.11. The second kappa shape index (κ2) is 7.11. The fourth-order valence-electron chi connectivity index (χ4n) is 2.08. The molecule has 1 amide bonds. The average Bonchev–Trinajstić information content (AvgIpc) is 2.47. The highest BCUT2D eigenvalue weighted by atomic mass is 35.5. The summed E-state index contributed by atoms with van der Waals surface area (Å²) in [4.78, 5) is 11.2. The molecule has 0 saturated heterocycles. The normalized spacial score (nSPS) is 11.9. The summed E-state index contributed by atoms with van der Waals surface area (Å²) in [5, 5.41) is 3.67. The minimum atomic E-state index is -0.539. The molecule has 3 N–H and O–H groups in total. The number of rotatable bonds is 6. The molecule has 0 aromatic heterocycles. The van der Waals surface area contributed by atoms with Crippen molar-refractivity contribution in [3.8, 4) is 0 Å². The molecule has 0 fully saturated rings. The molecule has 2 aromatic rings. The lowest BCUT2D eigenvalue weighted by molar-refractivity contribution is 0.100. The van der Waals surface area contributed by atoms with Crippen LogP contribution in [-0.4, -0.2) is 19.6 Å². The van der Waals surface area contributed by atoms with Crippen LogP contribution in [0.25, 0.3) is 0 Å². The van der Waals surface area contributed by atoms with Crippen LogP contribution in [0.5, 0.6) is 0 Å². The van der Waals surface area contributed by atoms with Gasteiger partial charge in [-0.25, -0.2) is 0 Å². The first-order valence-corrected chi connectivity index (χ1v) is 6.89. The van der Waals surface area contributed by atoms with Gasteiger partial charge in [0.1, 0.15) is 0 Å². The molecule has 1 unspecified atom stereocenters. The van der Waals surface area contributed by atoms with Gasteiger partial charge in [-0.05, 0) is 23.8 Å². The number of halogens is 1. The lowest BCUT2D eigenvalue weighted by Crippen LogP contribution is -2.17. The van der Waals surface area contributed by atoms with Gasteiger partial charge in [0, 0.05) is 12.8 Å². The molecule has 5 heteroatoms. The summed E-state index contributed by atoms with van der Waals surface area (Å²) in [6.07, 6.45) is 0. The first-order valence-electron chi connectivity index (χ1n) is 6.51. The van der Waals surface area contributed by atoms with Crippen LogP contribution < -0.4 is 11.1 Å². The highest BCUT2D eigenvalue weighted by Crippen LogP contribution is 2.24. The Balaban J connectivity index is 2.21.